The van der Waals surface area contributed by atoms with Crippen molar-refractivity contribution in [3.8, 4) is 0 Å². The second-order valence-corrected chi connectivity index (χ2v) is 5.66. The fraction of sp³-hybridized carbons (Fsp3) is 0.933. The minimum Gasteiger partial charge on any atom is -0.345 e. The molecule has 0 aromatic carbocycles. The first-order valence-corrected chi connectivity index (χ1v) is 7.85. The standard InChI is InChI=1S/C15H31N3O/c1-16-14-15(19)17(2)10-6-3-4-7-11-18-12-8-5-9-13-18/h16H,3-14H2,1-2H3. The Labute approximate surface area is 118 Å². The van der Waals surface area contributed by atoms with Gasteiger partial charge in [-0.25, -0.2) is 0 Å². The highest BCUT2D eigenvalue weighted by atomic mass is 16.2. The van der Waals surface area contributed by atoms with Crippen LogP contribution in [-0.2, 0) is 4.79 Å². The van der Waals surface area contributed by atoms with Gasteiger partial charge >= 0.3 is 0 Å². The summed E-state index contributed by atoms with van der Waals surface area (Å²) in [5.74, 6) is 0.191. The van der Waals surface area contributed by atoms with E-state index in [2.05, 4.69) is 10.2 Å². The predicted molar refractivity (Wildman–Crippen MR) is 80.3 cm³/mol. The van der Waals surface area contributed by atoms with E-state index < -0.39 is 0 Å². The molecule has 1 fully saturated rings. The van der Waals surface area contributed by atoms with Gasteiger partial charge < -0.3 is 15.1 Å². The number of carbonyl (C=O) groups excluding carboxylic acids is 1. The quantitative estimate of drug-likeness (QED) is 0.647. The minimum absolute atomic E-state index is 0.191. The van der Waals surface area contributed by atoms with Crippen LogP contribution in [-0.4, -0.2) is 62.5 Å². The van der Waals surface area contributed by atoms with Gasteiger partial charge in [-0.15, -0.1) is 0 Å². The monoisotopic (exact) mass is 269 g/mol. The molecule has 1 aliphatic rings. The molecule has 0 bridgehead atoms. The highest BCUT2D eigenvalue weighted by Crippen LogP contribution is 2.10. The summed E-state index contributed by atoms with van der Waals surface area (Å²) in [7, 11) is 3.71. The number of likely N-dealkylation sites (tertiary alicyclic amines) is 1. The Hall–Kier alpha value is -0.610. The average molecular weight is 269 g/mol. The number of rotatable bonds is 9. The first-order chi connectivity index (χ1) is 9.24. The lowest BCUT2D eigenvalue weighted by atomic mass is 10.1. The third-order valence-corrected chi connectivity index (χ3v) is 3.92. The zero-order chi connectivity index (χ0) is 13.9. The van der Waals surface area contributed by atoms with Gasteiger partial charge in [0.1, 0.15) is 0 Å². The molecule has 1 aliphatic heterocycles. The van der Waals surface area contributed by atoms with E-state index in [0.717, 1.165) is 13.0 Å². The van der Waals surface area contributed by atoms with Crippen LogP contribution >= 0.6 is 0 Å². The third kappa shape index (κ3) is 7.53. The zero-order valence-electron chi connectivity index (χ0n) is 12.8. The summed E-state index contributed by atoms with van der Waals surface area (Å²) >= 11 is 0. The van der Waals surface area contributed by atoms with Crippen molar-refractivity contribution in [3.05, 3.63) is 0 Å². The minimum atomic E-state index is 0.191. The molecule has 4 nitrogen and oxygen atoms in total. The summed E-state index contributed by atoms with van der Waals surface area (Å²) in [6.45, 7) is 5.23. The Kier molecular flexibility index (Phi) is 8.84. The molecule has 1 heterocycles. The third-order valence-electron chi connectivity index (χ3n) is 3.92. The second-order valence-electron chi connectivity index (χ2n) is 5.66. The van der Waals surface area contributed by atoms with Crippen LogP contribution in [0.5, 0.6) is 0 Å². The van der Waals surface area contributed by atoms with Crippen LogP contribution in [0.25, 0.3) is 0 Å². The summed E-state index contributed by atoms with van der Waals surface area (Å²) in [4.78, 5) is 16.0. The van der Waals surface area contributed by atoms with Gasteiger partial charge in [0.15, 0.2) is 0 Å². The van der Waals surface area contributed by atoms with Gasteiger partial charge in [0, 0.05) is 13.6 Å². The van der Waals surface area contributed by atoms with Crippen LogP contribution in [0.3, 0.4) is 0 Å². The lowest BCUT2D eigenvalue weighted by molar-refractivity contribution is -0.128. The van der Waals surface area contributed by atoms with Crippen molar-refractivity contribution < 1.29 is 4.79 Å². The second kappa shape index (κ2) is 10.2. The van der Waals surface area contributed by atoms with E-state index in [1.807, 2.05) is 19.0 Å². The Morgan fingerprint density at radius 3 is 2.47 bits per heavy atom. The number of amides is 1. The predicted octanol–water partition coefficient (Wildman–Crippen LogP) is 1.71. The number of carbonyl (C=O) groups is 1. The number of hydrogen-bond donors (Lipinski definition) is 1. The Balaban J connectivity index is 1.91. The van der Waals surface area contributed by atoms with Crippen molar-refractivity contribution in [3.63, 3.8) is 0 Å². The molecule has 112 valence electrons. The van der Waals surface area contributed by atoms with Crippen LogP contribution in [0.15, 0.2) is 0 Å². The molecular weight excluding hydrogens is 238 g/mol. The molecule has 0 spiro atoms. The summed E-state index contributed by atoms with van der Waals surface area (Å²) in [6.07, 6.45) is 9.18. The van der Waals surface area contributed by atoms with Crippen molar-refractivity contribution in [1.29, 1.82) is 0 Å². The highest BCUT2D eigenvalue weighted by Gasteiger charge is 2.09. The topological polar surface area (TPSA) is 35.6 Å². The van der Waals surface area contributed by atoms with Gasteiger partial charge in [0.2, 0.25) is 5.91 Å². The maximum absolute atomic E-state index is 11.5. The molecule has 0 atom stereocenters. The molecule has 19 heavy (non-hydrogen) atoms. The lowest BCUT2D eigenvalue weighted by Gasteiger charge is -2.26. The maximum Gasteiger partial charge on any atom is 0.236 e. The molecule has 4 heteroatoms. The zero-order valence-corrected chi connectivity index (χ0v) is 12.8. The Bertz CT molecular complexity index is 240. The van der Waals surface area contributed by atoms with Gasteiger partial charge in [-0.05, 0) is 52.4 Å². The van der Waals surface area contributed by atoms with Gasteiger partial charge in [0.25, 0.3) is 0 Å². The van der Waals surface area contributed by atoms with E-state index >= 15 is 0 Å². The number of unbranched alkanes of at least 4 members (excludes halogenated alkanes) is 3. The normalized spacial score (nSPS) is 16.5. The van der Waals surface area contributed by atoms with Crippen molar-refractivity contribution in [2.24, 2.45) is 0 Å². The lowest BCUT2D eigenvalue weighted by Crippen LogP contribution is -2.34. The van der Waals surface area contributed by atoms with Crippen LogP contribution in [0, 0.1) is 0 Å². The van der Waals surface area contributed by atoms with Crippen molar-refractivity contribution in [1.82, 2.24) is 15.1 Å². The summed E-state index contributed by atoms with van der Waals surface area (Å²) in [5.41, 5.74) is 0. The van der Waals surface area contributed by atoms with Crippen LogP contribution in [0.4, 0.5) is 0 Å². The molecule has 1 rings (SSSR count). The summed E-state index contributed by atoms with van der Waals surface area (Å²) in [5, 5.41) is 2.90. The molecule has 0 saturated carbocycles. The first kappa shape index (κ1) is 16.4. The number of nitrogens with zero attached hydrogens (tertiary/aromatic N) is 2. The summed E-state index contributed by atoms with van der Waals surface area (Å²) < 4.78 is 0. The molecule has 0 unspecified atom stereocenters. The smallest absolute Gasteiger partial charge is 0.236 e. The number of nitrogens with one attached hydrogen (secondary N) is 1. The van der Waals surface area contributed by atoms with Gasteiger partial charge in [-0.2, -0.15) is 0 Å². The average Bonchev–Trinajstić information content (AvgIpc) is 2.43. The number of hydrogen-bond acceptors (Lipinski definition) is 3. The molecule has 1 amide bonds. The van der Waals surface area contributed by atoms with E-state index in [1.54, 1.807) is 0 Å². The Morgan fingerprint density at radius 2 is 1.79 bits per heavy atom. The van der Waals surface area contributed by atoms with E-state index in [9.17, 15) is 4.79 Å². The van der Waals surface area contributed by atoms with Crippen LogP contribution < -0.4 is 5.32 Å². The molecule has 0 radical (unpaired) electrons. The van der Waals surface area contributed by atoms with E-state index in [-0.39, 0.29) is 5.91 Å². The summed E-state index contributed by atoms with van der Waals surface area (Å²) in [6, 6.07) is 0. The number of piperidine rings is 1. The Morgan fingerprint density at radius 1 is 1.11 bits per heavy atom. The number of likely N-dealkylation sites (N-methyl/N-ethyl adjacent to an activating group) is 2. The molecule has 1 saturated heterocycles. The van der Waals surface area contributed by atoms with Crippen molar-refractivity contribution in [2.45, 2.75) is 44.9 Å². The SMILES string of the molecule is CNCC(=O)N(C)CCCCCCN1CCCCC1. The fourth-order valence-electron chi connectivity index (χ4n) is 2.63. The van der Waals surface area contributed by atoms with E-state index in [4.69, 9.17) is 0 Å². The molecule has 0 aromatic rings. The van der Waals surface area contributed by atoms with Crippen molar-refractivity contribution >= 4 is 5.91 Å². The molecule has 0 aromatic heterocycles. The largest absolute Gasteiger partial charge is 0.345 e. The highest BCUT2D eigenvalue weighted by molar-refractivity contribution is 5.77. The fourth-order valence-corrected chi connectivity index (χ4v) is 2.63. The maximum atomic E-state index is 11.5. The van der Waals surface area contributed by atoms with E-state index in [1.165, 1.54) is 58.2 Å². The first-order valence-electron chi connectivity index (χ1n) is 7.85. The molecular formula is C15H31N3O. The van der Waals surface area contributed by atoms with Crippen molar-refractivity contribution in [2.75, 3.05) is 46.8 Å². The van der Waals surface area contributed by atoms with E-state index in [0.29, 0.717) is 6.54 Å². The molecule has 0 aliphatic carbocycles. The van der Waals surface area contributed by atoms with Gasteiger partial charge in [-0.3, -0.25) is 4.79 Å². The van der Waals surface area contributed by atoms with Gasteiger partial charge in [-0.1, -0.05) is 19.3 Å². The van der Waals surface area contributed by atoms with Crippen LogP contribution in [0.2, 0.25) is 0 Å². The van der Waals surface area contributed by atoms with Crippen LogP contribution in [0.1, 0.15) is 44.9 Å². The van der Waals surface area contributed by atoms with Gasteiger partial charge in [0.05, 0.1) is 6.54 Å². The molecule has 1 N–H and O–H groups in total.